The normalized spacial score (nSPS) is 16.3. The van der Waals surface area contributed by atoms with Crippen LogP contribution in [0.1, 0.15) is 16.7 Å². The Labute approximate surface area is 113 Å². The standard InChI is InChI=1S/C17H18FN/c18-16-8-4-3-7-15(16)11-17(12-19)9-13-5-1-2-6-14(13)10-17/h1-8H,9-12,19H2. The van der Waals surface area contributed by atoms with Gasteiger partial charge in [-0.15, -0.1) is 0 Å². The molecule has 0 aromatic heterocycles. The Balaban J connectivity index is 1.89. The molecule has 0 unspecified atom stereocenters. The third-order valence-electron chi connectivity index (χ3n) is 4.21. The van der Waals surface area contributed by atoms with Crippen LogP contribution >= 0.6 is 0 Å². The van der Waals surface area contributed by atoms with E-state index in [0.29, 0.717) is 13.0 Å². The molecule has 19 heavy (non-hydrogen) atoms. The lowest BCUT2D eigenvalue weighted by Gasteiger charge is -2.27. The van der Waals surface area contributed by atoms with Crippen LogP contribution in [0.25, 0.3) is 0 Å². The molecule has 2 N–H and O–H groups in total. The molecule has 0 bridgehead atoms. The Morgan fingerprint density at radius 2 is 1.53 bits per heavy atom. The zero-order valence-electron chi connectivity index (χ0n) is 10.9. The summed E-state index contributed by atoms with van der Waals surface area (Å²) >= 11 is 0. The summed E-state index contributed by atoms with van der Waals surface area (Å²) < 4.78 is 13.8. The highest BCUT2D eigenvalue weighted by atomic mass is 19.1. The second-order valence-corrected chi connectivity index (χ2v) is 5.59. The zero-order chi connectivity index (χ0) is 13.3. The lowest BCUT2D eigenvalue weighted by atomic mass is 9.79. The first-order valence-corrected chi connectivity index (χ1v) is 6.73. The van der Waals surface area contributed by atoms with Crippen molar-refractivity contribution in [3.63, 3.8) is 0 Å². The van der Waals surface area contributed by atoms with Gasteiger partial charge in [0.1, 0.15) is 5.82 Å². The summed E-state index contributed by atoms with van der Waals surface area (Å²) in [4.78, 5) is 0. The fourth-order valence-electron chi connectivity index (χ4n) is 3.16. The highest BCUT2D eigenvalue weighted by molar-refractivity contribution is 5.36. The fraction of sp³-hybridized carbons (Fsp3) is 0.294. The van der Waals surface area contributed by atoms with E-state index in [-0.39, 0.29) is 11.2 Å². The maximum absolute atomic E-state index is 13.8. The average molecular weight is 255 g/mol. The number of rotatable bonds is 3. The molecular weight excluding hydrogens is 237 g/mol. The molecule has 0 spiro atoms. The average Bonchev–Trinajstić information content (AvgIpc) is 2.80. The van der Waals surface area contributed by atoms with Gasteiger partial charge in [-0.25, -0.2) is 4.39 Å². The molecule has 98 valence electrons. The van der Waals surface area contributed by atoms with Crippen LogP contribution in [0.3, 0.4) is 0 Å². The lowest BCUT2D eigenvalue weighted by Crippen LogP contribution is -2.33. The Hall–Kier alpha value is -1.67. The molecule has 2 heteroatoms. The minimum Gasteiger partial charge on any atom is -0.330 e. The topological polar surface area (TPSA) is 26.0 Å². The van der Waals surface area contributed by atoms with E-state index in [9.17, 15) is 4.39 Å². The largest absolute Gasteiger partial charge is 0.330 e. The minimum absolute atomic E-state index is 0.0219. The molecule has 0 heterocycles. The Morgan fingerprint density at radius 3 is 2.11 bits per heavy atom. The summed E-state index contributed by atoms with van der Waals surface area (Å²) in [6, 6.07) is 15.5. The molecule has 0 saturated carbocycles. The molecule has 2 aromatic rings. The Bertz CT molecular complexity index is 566. The van der Waals surface area contributed by atoms with Crippen molar-refractivity contribution in [2.45, 2.75) is 19.3 Å². The van der Waals surface area contributed by atoms with Gasteiger partial charge in [0.05, 0.1) is 0 Å². The first kappa shape index (κ1) is 12.4. The van der Waals surface area contributed by atoms with Crippen molar-refractivity contribution in [1.82, 2.24) is 0 Å². The molecule has 0 saturated heterocycles. The first-order chi connectivity index (χ1) is 9.22. The van der Waals surface area contributed by atoms with Gasteiger partial charge in [-0.2, -0.15) is 0 Å². The predicted octanol–water partition coefficient (Wildman–Crippen LogP) is 3.11. The van der Waals surface area contributed by atoms with Gasteiger partial charge in [-0.3, -0.25) is 0 Å². The van der Waals surface area contributed by atoms with E-state index < -0.39 is 0 Å². The molecule has 0 radical (unpaired) electrons. The number of nitrogens with two attached hydrogens (primary N) is 1. The van der Waals surface area contributed by atoms with Crippen molar-refractivity contribution in [3.05, 3.63) is 71.0 Å². The number of hydrogen-bond acceptors (Lipinski definition) is 1. The molecule has 1 nitrogen and oxygen atoms in total. The van der Waals surface area contributed by atoms with Crippen LogP contribution < -0.4 is 5.73 Å². The van der Waals surface area contributed by atoms with Crippen molar-refractivity contribution in [2.75, 3.05) is 6.54 Å². The summed E-state index contributed by atoms with van der Waals surface area (Å²) in [5.41, 5.74) is 9.51. The molecule has 1 aliphatic carbocycles. The first-order valence-electron chi connectivity index (χ1n) is 6.73. The smallest absolute Gasteiger partial charge is 0.126 e. The maximum Gasteiger partial charge on any atom is 0.126 e. The van der Waals surface area contributed by atoms with Gasteiger partial charge in [0, 0.05) is 0 Å². The van der Waals surface area contributed by atoms with Crippen LogP contribution in [0.5, 0.6) is 0 Å². The van der Waals surface area contributed by atoms with Crippen LogP contribution in [0, 0.1) is 11.2 Å². The molecule has 0 atom stereocenters. The third-order valence-corrected chi connectivity index (χ3v) is 4.21. The zero-order valence-corrected chi connectivity index (χ0v) is 10.9. The summed E-state index contributed by atoms with van der Waals surface area (Å²) in [6.07, 6.45) is 2.62. The lowest BCUT2D eigenvalue weighted by molar-refractivity contribution is 0.310. The molecular formula is C17H18FN. The van der Waals surface area contributed by atoms with Crippen molar-refractivity contribution < 1.29 is 4.39 Å². The van der Waals surface area contributed by atoms with Crippen LogP contribution in [-0.2, 0) is 19.3 Å². The van der Waals surface area contributed by atoms with Crippen molar-refractivity contribution in [1.29, 1.82) is 0 Å². The molecule has 3 rings (SSSR count). The second kappa shape index (κ2) is 4.78. The minimum atomic E-state index is -0.119. The Morgan fingerprint density at radius 1 is 0.947 bits per heavy atom. The van der Waals surface area contributed by atoms with Gasteiger partial charge in [0.15, 0.2) is 0 Å². The number of halogens is 1. The molecule has 0 fully saturated rings. The highest BCUT2D eigenvalue weighted by Crippen LogP contribution is 2.39. The monoisotopic (exact) mass is 255 g/mol. The van der Waals surface area contributed by atoms with Crippen molar-refractivity contribution in [3.8, 4) is 0 Å². The van der Waals surface area contributed by atoms with Crippen LogP contribution in [0.2, 0.25) is 0 Å². The van der Waals surface area contributed by atoms with E-state index in [1.54, 1.807) is 6.07 Å². The van der Waals surface area contributed by atoms with Gasteiger partial charge < -0.3 is 5.73 Å². The Kier molecular flexibility index (Phi) is 3.11. The van der Waals surface area contributed by atoms with Gasteiger partial charge >= 0.3 is 0 Å². The predicted molar refractivity (Wildman–Crippen MR) is 75.4 cm³/mol. The van der Waals surface area contributed by atoms with E-state index in [2.05, 4.69) is 24.3 Å². The fourth-order valence-corrected chi connectivity index (χ4v) is 3.16. The van der Waals surface area contributed by atoms with Crippen LogP contribution in [0.15, 0.2) is 48.5 Å². The van der Waals surface area contributed by atoms with Crippen LogP contribution in [-0.4, -0.2) is 6.54 Å². The number of hydrogen-bond donors (Lipinski definition) is 1. The summed E-state index contributed by atoms with van der Waals surface area (Å²) in [5.74, 6) is -0.119. The summed E-state index contributed by atoms with van der Waals surface area (Å²) in [6.45, 7) is 0.593. The van der Waals surface area contributed by atoms with Crippen molar-refractivity contribution >= 4 is 0 Å². The van der Waals surface area contributed by atoms with E-state index in [0.717, 1.165) is 18.4 Å². The molecule has 1 aliphatic rings. The maximum atomic E-state index is 13.8. The molecule has 0 amide bonds. The summed E-state index contributed by atoms with van der Waals surface area (Å²) in [5, 5.41) is 0. The van der Waals surface area contributed by atoms with Gasteiger partial charge in [0.25, 0.3) is 0 Å². The number of fused-ring (bicyclic) bond motifs is 1. The van der Waals surface area contributed by atoms with Gasteiger partial charge in [0.2, 0.25) is 0 Å². The summed E-state index contributed by atoms with van der Waals surface area (Å²) in [7, 11) is 0. The number of benzene rings is 2. The quantitative estimate of drug-likeness (QED) is 0.896. The van der Waals surface area contributed by atoms with E-state index >= 15 is 0 Å². The van der Waals surface area contributed by atoms with E-state index in [4.69, 9.17) is 5.73 Å². The van der Waals surface area contributed by atoms with Gasteiger partial charge in [-0.1, -0.05) is 42.5 Å². The second-order valence-electron chi connectivity index (χ2n) is 5.59. The van der Waals surface area contributed by atoms with E-state index in [1.807, 2.05) is 12.1 Å². The third kappa shape index (κ3) is 2.28. The van der Waals surface area contributed by atoms with E-state index in [1.165, 1.54) is 17.2 Å². The van der Waals surface area contributed by atoms with Gasteiger partial charge in [-0.05, 0) is 54.0 Å². The molecule has 0 aliphatic heterocycles. The molecule has 2 aromatic carbocycles. The SMILES string of the molecule is NCC1(Cc2ccccc2F)Cc2ccccc2C1. The highest BCUT2D eigenvalue weighted by Gasteiger charge is 2.36. The van der Waals surface area contributed by atoms with Crippen LogP contribution in [0.4, 0.5) is 4.39 Å². The van der Waals surface area contributed by atoms with Crippen molar-refractivity contribution in [2.24, 2.45) is 11.1 Å².